The van der Waals surface area contributed by atoms with Crippen molar-refractivity contribution in [1.82, 2.24) is 14.9 Å². The van der Waals surface area contributed by atoms with E-state index in [1.54, 1.807) is 16.5 Å². The molecule has 0 saturated carbocycles. The predicted molar refractivity (Wildman–Crippen MR) is 124 cm³/mol. The molecule has 2 atom stereocenters. The Morgan fingerprint density at radius 2 is 1.89 bits per heavy atom. The van der Waals surface area contributed by atoms with Crippen molar-refractivity contribution >= 4 is 34.5 Å². The summed E-state index contributed by atoms with van der Waals surface area (Å²) in [5, 5.41) is 2.37. The SMILES string of the molecule is CC(C)(C)OC(=O)N1C2CCCC1CN(c1nc3c(OC(F)(F)F)ccc(-c4nccs4)c3o1)C2. The van der Waals surface area contributed by atoms with E-state index in [-0.39, 0.29) is 35.3 Å². The van der Waals surface area contributed by atoms with E-state index in [0.29, 0.717) is 23.7 Å². The fraction of sp³-hybridized carbons (Fsp3) is 0.522. The molecular weight excluding hydrogens is 485 g/mol. The third-order valence-corrected chi connectivity index (χ3v) is 6.79. The molecule has 5 rings (SSSR count). The van der Waals surface area contributed by atoms with E-state index >= 15 is 0 Å². The number of ether oxygens (including phenoxy) is 2. The van der Waals surface area contributed by atoms with E-state index in [0.717, 1.165) is 19.3 Å². The van der Waals surface area contributed by atoms with E-state index in [4.69, 9.17) is 9.15 Å². The van der Waals surface area contributed by atoms with Gasteiger partial charge in [-0.2, -0.15) is 4.98 Å². The molecular formula is C23H25F3N4O4S. The van der Waals surface area contributed by atoms with Gasteiger partial charge in [0.05, 0.1) is 17.6 Å². The average Bonchev–Trinajstić information content (AvgIpc) is 3.41. The summed E-state index contributed by atoms with van der Waals surface area (Å²) in [6.45, 7) is 6.36. The van der Waals surface area contributed by atoms with Crippen LogP contribution in [-0.4, -0.2) is 58.1 Å². The van der Waals surface area contributed by atoms with Crippen molar-refractivity contribution in [3.05, 3.63) is 23.7 Å². The number of piperazine rings is 1. The summed E-state index contributed by atoms with van der Waals surface area (Å²) < 4.78 is 55.0. The minimum absolute atomic E-state index is 0.0234. The molecule has 2 aromatic heterocycles. The van der Waals surface area contributed by atoms with Gasteiger partial charge in [0.25, 0.3) is 6.01 Å². The molecule has 4 heterocycles. The van der Waals surface area contributed by atoms with Crippen LogP contribution < -0.4 is 9.64 Å². The molecule has 2 unspecified atom stereocenters. The number of piperidine rings is 1. The first kappa shape index (κ1) is 23.7. The van der Waals surface area contributed by atoms with Crippen LogP contribution in [-0.2, 0) is 4.74 Å². The van der Waals surface area contributed by atoms with E-state index in [2.05, 4.69) is 14.7 Å². The standard InChI is InChI=1S/C23H25F3N4O4S/c1-22(2,3)34-21(31)30-13-5-4-6-14(30)12-29(11-13)20-28-17-16(33-23(24,25)26)8-7-15(18(17)32-20)19-27-9-10-35-19/h7-10,13-14H,4-6,11-12H2,1-3H3. The molecule has 8 nitrogen and oxygen atoms in total. The molecule has 2 aliphatic heterocycles. The summed E-state index contributed by atoms with van der Waals surface area (Å²) in [7, 11) is 0. The third-order valence-electron chi connectivity index (χ3n) is 5.98. The number of oxazole rings is 1. The number of hydrogen-bond acceptors (Lipinski definition) is 8. The third kappa shape index (κ3) is 4.89. The molecule has 2 saturated heterocycles. The van der Waals surface area contributed by atoms with Crippen LogP contribution >= 0.6 is 11.3 Å². The van der Waals surface area contributed by atoms with Crippen LogP contribution in [0.2, 0.25) is 0 Å². The Morgan fingerprint density at radius 3 is 2.49 bits per heavy atom. The molecule has 1 aromatic carbocycles. The summed E-state index contributed by atoms with van der Waals surface area (Å²) in [6.07, 6.45) is -1.05. The molecule has 188 valence electrons. The van der Waals surface area contributed by atoms with Gasteiger partial charge in [-0.05, 0) is 52.2 Å². The van der Waals surface area contributed by atoms with Gasteiger partial charge in [0.1, 0.15) is 10.6 Å². The first-order valence-electron chi connectivity index (χ1n) is 11.3. The Labute approximate surface area is 203 Å². The minimum Gasteiger partial charge on any atom is -0.444 e. The number of nitrogens with zero attached hydrogens (tertiary/aromatic N) is 4. The Kier molecular flexibility index (Phi) is 5.81. The lowest BCUT2D eigenvalue weighted by molar-refractivity contribution is -0.274. The van der Waals surface area contributed by atoms with Crippen molar-refractivity contribution in [2.45, 2.75) is 64.1 Å². The minimum atomic E-state index is -4.87. The van der Waals surface area contributed by atoms with Gasteiger partial charge in [0, 0.05) is 24.7 Å². The maximum atomic E-state index is 13.0. The largest absolute Gasteiger partial charge is 0.573 e. The van der Waals surface area contributed by atoms with Crippen LogP contribution in [0.4, 0.5) is 24.0 Å². The molecule has 2 aliphatic rings. The molecule has 1 amide bonds. The molecule has 3 aromatic rings. The fourth-order valence-corrected chi connectivity index (χ4v) is 5.38. The monoisotopic (exact) mass is 510 g/mol. The zero-order chi connectivity index (χ0) is 25.0. The number of carbonyl (C=O) groups excluding carboxylic acids is 1. The molecule has 0 radical (unpaired) electrons. The maximum absolute atomic E-state index is 13.0. The smallest absolute Gasteiger partial charge is 0.444 e. The Balaban J connectivity index is 1.49. The van der Waals surface area contributed by atoms with Crippen LogP contribution in [0.3, 0.4) is 0 Å². The van der Waals surface area contributed by atoms with Crippen molar-refractivity contribution in [3.8, 4) is 16.3 Å². The number of amides is 1. The highest BCUT2D eigenvalue weighted by molar-refractivity contribution is 7.13. The van der Waals surface area contributed by atoms with Crippen LogP contribution in [0, 0.1) is 0 Å². The summed E-state index contributed by atoms with van der Waals surface area (Å²) in [5.74, 6) is -0.435. The second-order valence-corrected chi connectivity index (χ2v) is 10.6. The predicted octanol–water partition coefficient (Wildman–Crippen LogP) is 5.83. The van der Waals surface area contributed by atoms with Gasteiger partial charge in [-0.1, -0.05) is 0 Å². The van der Waals surface area contributed by atoms with Crippen molar-refractivity contribution < 1.29 is 31.9 Å². The number of benzene rings is 1. The Morgan fingerprint density at radius 1 is 1.17 bits per heavy atom. The molecule has 2 fully saturated rings. The molecule has 2 bridgehead atoms. The lowest BCUT2D eigenvalue weighted by Gasteiger charge is -2.49. The van der Waals surface area contributed by atoms with Gasteiger partial charge in [-0.25, -0.2) is 9.78 Å². The Bertz CT molecular complexity index is 1210. The quantitative estimate of drug-likeness (QED) is 0.439. The molecule has 12 heteroatoms. The second-order valence-electron chi connectivity index (χ2n) is 9.70. The number of hydrogen-bond donors (Lipinski definition) is 0. The highest BCUT2D eigenvalue weighted by Gasteiger charge is 2.43. The number of thiazole rings is 1. The number of halogens is 3. The van der Waals surface area contributed by atoms with Gasteiger partial charge < -0.3 is 18.8 Å². The normalized spacial score (nSPS) is 20.9. The molecule has 35 heavy (non-hydrogen) atoms. The van der Waals surface area contributed by atoms with Crippen molar-refractivity contribution in [1.29, 1.82) is 0 Å². The summed E-state index contributed by atoms with van der Waals surface area (Å²) >= 11 is 1.34. The van der Waals surface area contributed by atoms with E-state index < -0.39 is 17.7 Å². The van der Waals surface area contributed by atoms with Crippen LogP contribution in [0.5, 0.6) is 5.75 Å². The number of fused-ring (bicyclic) bond motifs is 3. The summed E-state index contributed by atoms with van der Waals surface area (Å²) in [5.41, 5.74) is 0.0845. The van der Waals surface area contributed by atoms with Crippen LogP contribution in [0.15, 0.2) is 28.1 Å². The van der Waals surface area contributed by atoms with Crippen molar-refractivity contribution in [3.63, 3.8) is 0 Å². The topological polar surface area (TPSA) is 80.9 Å². The van der Waals surface area contributed by atoms with Crippen LogP contribution in [0.25, 0.3) is 21.7 Å². The number of alkyl halides is 3. The van der Waals surface area contributed by atoms with E-state index in [1.165, 1.54) is 23.5 Å². The number of carbonyl (C=O) groups is 1. The second kappa shape index (κ2) is 8.58. The molecule has 0 aliphatic carbocycles. The first-order chi connectivity index (χ1) is 16.5. The van der Waals surface area contributed by atoms with Crippen LogP contribution in [0.1, 0.15) is 40.0 Å². The summed E-state index contributed by atoms with van der Waals surface area (Å²) in [6, 6.07) is 2.69. The average molecular weight is 511 g/mol. The number of anilines is 1. The van der Waals surface area contributed by atoms with Gasteiger partial charge >= 0.3 is 12.5 Å². The summed E-state index contributed by atoms with van der Waals surface area (Å²) in [4.78, 5) is 25.3. The maximum Gasteiger partial charge on any atom is 0.573 e. The first-order valence-corrected chi connectivity index (χ1v) is 12.2. The van der Waals surface area contributed by atoms with E-state index in [9.17, 15) is 18.0 Å². The zero-order valence-corrected chi connectivity index (χ0v) is 20.3. The van der Waals surface area contributed by atoms with Gasteiger partial charge in [0.15, 0.2) is 16.8 Å². The highest BCUT2D eigenvalue weighted by Crippen LogP contribution is 2.40. The van der Waals surface area contributed by atoms with Gasteiger partial charge in [-0.3, -0.25) is 4.90 Å². The van der Waals surface area contributed by atoms with Gasteiger partial charge in [-0.15, -0.1) is 24.5 Å². The zero-order valence-electron chi connectivity index (χ0n) is 19.5. The van der Waals surface area contributed by atoms with E-state index in [1.807, 2.05) is 25.7 Å². The van der Waals surface area contributed by atoms with Crippen molar-refractivity contribution in [2.75, 3.05) is 18.0 Å². The molecule has 0 N–H and O–H groups in total. The van der Waals surface area contributed by atoms with Crippen molar-refractivity contribution in [2.24, 2.45) is 0 Å². The fourth-order valence-electron chi connectivity index (χ4n) is 4.72. The number of rotatable bonds is 3. The lowest BCUT2D eigenvalue weighted by atomic mass is 9.92. The number of aromatic nitrogens is 2. The Hall–Kier alpha value is -3.02. The van der Waals surface area contributed by atoms with Gasteiger partial charge in [0.2, 0.25) is 0 Å². The molecule has 0 spiro atoms. The highest BCUT2D eigenvalue weighted by atomic mass is 32.1. The lowest BCUT2D eigenvalue weighted by Crippen LogP contribution is -2.63.